The first kappa shape index (κ1) is 11.5. The zero-order valence-electron chi connectivity index (χ0n) is 8.72. The van der Waals surface area contributed by atoms with Gasteiger partial charge in [-0.25, -0.2) is 0 Å². The average Bonchev–Trinajstić information content (AvgIpc) is 2.63. The van der Waals surface area contributed by atoms with Gasteiger partial charge in [0.15, 0.2) is 0 Å². The second kappa shape index (κ2) is 4.47. The van der Waals surface area contributed by atoms with E-state index in [1.165, 1.54) is 0 Å². The summed E-state index contributed by atoms with van der Waals surface area (Å²) in [6, 6.07) is 5.78. The fraction of sp³-hybridized carbons (Fsp3) is 0.182. The van der Waals surface area contributed by atoms with Crippen molar-refractivity contribution in [2.75, 3.05) is 5.73 Å². The molecule has 0 saturated carbocycles. The molecule has 5 heteroatoms. The second-order valence-electron chi connectivity index (χ2n) is 3.42. The van der Waals surface area contributed by atoms with Gasteiger partial charge in [-0.3, -0.25) is 5.10 Å². The largest absolute Gasteiger partial charge is 0.382 e. The summed E-state index contributed by atoms with van der Waals surface area (Å²) in [7, 11) is 0. The van der Waals surface area contributed by atoms with E-state index in [-0.39, 0.29) is 0 Å². The average molecular weight is 301 g/mol. The normalized spacial score (nSPS) is 10.7. The fourth-order valence-electron chi connectivity index (χ4n) is 1.66. The van der Waals surface area contributed by atoms with Crippen LogP contribution in [0.25, 0.3) is 11.3 Å². The van der Waals surface area contributed by atoms with Crippen LogP contribution in [-0.2, 0) is 6.42 Å². The Hall–Kier alpha value is -1.000. The minimum absolute atomic E-state index is 0.536. The third-order valence-corrected chi connectivity index (χ3v) is 3.77. The van der Waals surface area contributed by atoms with Crippen LogP contribution in [0.3, 0.4) is 0 Å². The molecule has 84 valence electrons. The molecule has 0 aliphatic heterocycles. The lowest BCUT2D eigenvalue weighted by molar-refractivity contribution is 1.10. The maximum Gasteiger partial charge on any atom is 0.149 e. The summed E-state index contributed by atoms with van der Waals surface area (Å²) < 4.78 is 0.863. The summed E-state index contributed by atoms with van der Waals surface area (Å²) in [6.07, 6.45) is 0.820. The molecular formula is C11H11BrClN3. The number of benzene rings is 1. The van der Waals surface area contributed by atoms with E-state index in [0.717, 1.165) is 27.7 Å². The van der Waals surface area contributed by atoms with E-state index >= 15 is 0 Å². The highest BCUT2D eigenvalue weighted by Crippen LogP contribution is 2.35. The molecule has 0 aliphatic carbocycles. The number of nitrogens with zero attached hydrogens (tertiary/aromatic N) is 1. The van der Waals surface area contributed by atoms with Gasteiger partial charge in [0.25, 0.3) is 0 Å². The quantitative estimate of drug-likeness (QED) is 0.889. The SMILES string of the molecule is CCc1c(N)n[nH]c1-c1cccc(Br)c1Cl. The summed E-state index contributed by atoms with van der Waals surface area (Å²) >= 11 is 9.63. The predicted octanol–water partition coefficient (Wildman–Crippen LogP) is 3.64. The molecule has 0 unspecified atom stereocenters. The van der Waals surface area contributed by atoms with Gasteiger partial charge in [0.1, 0.15) is 5.82 Å². The molecule has 0 saturated heterocycles. The van der Waals surface area contributed by atoms with E-state index in [1.54, 1.807) is 0 Å². The topological polar surface area (TPSA) is 54.7 Å². The summed E-state index contributed by atoms with van der Waals surface area (Å²) in [6.45, 7) is 2.04. The van der Waals surface area contributed by atoms with Crippen LogP contribution < -0.4 is 5.73 Å². The molecule has 0 amide bonds. The van der Waals surface area contributed by atoms with E-state index in [4.69, 9.17) is 17.3 Å². The number of nitrogens with two attached hydrogens (primary N) is 1. The lowest BCUT2D eigenvalue weighted by Crippen LogP contribution is -1.91. The molecule has 0 spiro atoms. The van der Waals surface area contributed by atoms with Crippen LogP contribution in [0.4, 0.5) is 5.82 Å². The number of hydrogen-bond acceptors (Lipinski definition) is 2. The highest BCUT2D eigenvalue weighted by molar-refractivity contribution is 9.10. The fourth-order valence-corrected chi connectivity index (χ4v) is 2.24. The van der Waals surface area contributed by atoms with Gasteiger partial charge >= 0.3 is 0 Å². The second-order valence-corrected chi connectivity index (χ2v) is 4.65. The van der Waals surface area contributed by atoms with E-state index in [9.17, 15) is 0 Å². The highest BCUT2D eigenvalue weighted by atomic mass is 79.9. The number of anilines is 1. The standard InChI is InChI=1S/C11H11BrClN3/c1-2-6-10(15-16-11(6)14)7-4-3-5-8(12)9(7)13/h3-5H,2H2,1H3,(H3,14,15,16). The van der Waals surface area contributed by atoms with E-state index in [0.29, 0.717) is 10.8 Å². The minimum Gasteiger partial charge on any atom is -0.382 e. The Morgan fingerprint density at radius 1 is 1.50 bits per heavy atom. The van der Waals surface area contributed by atoms with Crippen molar-refractivity contribution in [2.45, 2.75) is 13.3 Å². The van der Waals surface area contributed by atoms with Crippen LogP contribution in [-0.4, -0.2) is 10.2 Å². The van der Waals surface area contributed by atoms with Crippen molar-refractivity contribution in [1.82, 2.24) is 10.2 Å². The van der Waals surface area contributed by atoms with Crippen LogP contribution in [0.2, 0.25) is 5.02 Å². The van der Waals surface area contributed by atoms with Gasteiger partial charge in [0.05, 0.1) is 10.7 Å². The Balaban J connectivity index is 2.63. The van der Waals surface area contributed by atoms with Crippen LogP contribution in [0.1, 0.15) is 12.5 Å². The lowest BCUT2D eigenvalue weighted by Gasteiger charge is -2.05. The van der Waals surface area contributed by atoms with Gasteiger partial charge in [-0.2, -0.15) is 5.10 Å². The van der Waals surface area contributed by atoms with Crippen LogP contribution in [0.5, 0.6) is 0 Å². The predicted molar refractivity (Wildman–Crippen MR) is 70.5 cm³/mol. The van der Waals surface area contributed by atoms with E-state index in [2.05, 4.69) is 26.1 Å². The monoisotopic (exact) mass is 299 g/mol. The van der Waals surface area contributed by atoms with Gasteiger partial charge in [0.2, 0.25) is 0 Å². The van der Waals surface area contributed by atoms with Crippen molar-refractivity contribution < 1.29 is 0 Å². The Kier molecular flexibility index (Phi) is 3.21. The molecule has 2 rings (SSSR count). The first-order valence-electron chi connectivity index (χ1n) is 4.92. The molecule has 3 N–H and O–H groups in total. The van der Waals surface area contributed by atoms with Gasteiger partial charge in [0, 0.05) is 15.6 Å². The highest BCUT2D eigenvalue weighted by Gasteiger charge is 2.14. The lowest BCUT2D eigenvalue weighted by atomic mass is 10.1. The summed E-state index contributed by atoms with van der Waals surface area (Å²) in [4.78, 5) is 0. The molecule has 2 aromatic rings. The molecule has 1 aromatic carbocycles. The number of rotatable bonds is 2. The third kappa shape index (κ3) is 1.83. The minimum atomic E-state index is 0.536. The Bertz CT molecular complexity index is 522. The van der Waals surface area contributed by atoms with Gasteiger partial charge in [-0.05, 0) is 28.4 Å². The summed E-state index contributed by atoms with van der Waals surface area (Å²) in [5, 5.41) is 7.61. The number of aromatic nitrogens is 2. The van der Waals surface area contributed by atoms with Crippen molar-refractivity contribution >= 4 is 33.3 Å². The third-order valence-electron chi connectivity index (χ3n) is 2.47. The zero-order valence-corrected chi connectivity index (χ0v) is 11.1. The first-order chi connectivity index (χ1) is 7.65. The molecule has 0 fully saturated rings. The Morgan fingerprint density at radius 2 is 2.25 bits per heavy atom. The number of nitrogens with one attached hydrogen (secondary N) is 1. The Labute approximate surface area is 107 Å². The number of aromatic amines is 1. The van der Waals surface area contributed by atoms with Crippen LogP contribution >= 0.6 is 27.5 Å². The summed E-state index contributed by atoms with van der Waals surface area (Å²) in [5.74, 6) is 0.536. The van der Waals surface area contributed by atoms with Crippen molar-refractivity contribution in [2.24, 2.45) is 0 Å². The summed E-state index contributed by atoms with van der Waals surface area (Å²) in [5.41, 5.74) is 8.59. The van der Waals surface area contributed by atoms with Crippen molar-refractivity contribution in [3.05, 3.63) is 33.3 Å². The number of halogens is 2. The first-order valence-corrected chi connectivity index (χ1v) is 6.09. The number of nitrogen functional groups attached to an aromatic ring is 1. The zero-order chi connectivity index (χ0) is 11.7. The van der Waals surface area contributed by atoms with Crippen molar-refractivity contribution in [1.29, 1.82) is 0 Å². The van der Waals surface area contributed by atoms with Gasteiger partial charge < -0.3 is 5.73 Å². The molecule has 0 aliphatic rings. The smallest absolute Gasteiger partial charge is 0.149 e. The molecule has 1 heterocycles. The van der Waals surface area contributed by atoms with Crippen molar-refractivity contribution in [3.8, 4) is 11.3 Å². The van der Waals surface area contributed by atoms with Crippen LogP contribution in [0, 0.1) is 0 Å². The van der Waals surface area contributed by atoms with E-state index < -0.39 is 0 Å². The molecule has 1 aromatic heterocycles. The molecule has 0 bridgehead atoms. The molecule has 3 nitrogen and oxygen atoms in total. The number of hydrogen-bond donors (Lipinski definition) is 2. The van der Waals surface area contributed by atoms with Gasteiger partial charge in [-0.1, -0.05) is 30.7 Å². The molecule has 0 radical (unpaired) electrons. The van der Waals surface area contributed by atoms with Gasteiger partial charge in [-0.15, -0.1) is 0 Å². The van der Waals surface area contributed by atoms with Crippen molar-refractivity contribution in [3.63, 3.8) is 0 Å². The molecule has 0 atom stereocenters. The Morgan fingerprint density at radius 3 is 2.94 bits per heavy atom. The maximum atomic E-state index is 6.23. The maximum absolute atomic E-state index is 6.23. The molecule has 16 heavy (non-hydrogen) atoms. The van der Waals surface area contributed by atoms with Crippen LogP contribution in [0.15, 0.2) is 22.7 Å². The number of H-pyrrole nitrogens is 1. The van der Waals surface area contributed by atoms with E-state index in [1.807, 2.05) is 25.1 Å². The molecular weight excluding hydrogens is 289 g/mol.